The van der Waals surface area contributed by atoms with E-state index in [-0.39, 0.29) is 16.9 Å². The number of carbonyl (C=O) groups excluding carboxylic acids is 1. The molecule has 0 bridgehead atoms. The van der Waals surface area contributed by atoms with E-state index in [9.17, 15) is 23.3 Å². The molecule has 0 aromatic heterocycles. The maximum absolute atomic E-state index is 12.6. The zero-order chi connectivity index (χ0) is 21.8. The number of benzene rings is 2. The number of nitro benzene ring substituents is 1. The van der Waals surface area contributed by atoms with E-state index in [4.69, 9.17) is 4.74 Å². The van der Waals surface area contributed by atoms with Crippen LogP contribution in [0.3, 0.4) is 0 Å². The second kappa shape index (κ2) is 8.91. The summed E-state index contributed by atoms with van der Waals surface area (Å²) in [6.07, 6.45) is 0.947. The predicted molar refractivity (Wildman–Crippen MR) is 110 cm³/mol. The third-order valence-electron chi connectivity index (χ3n) is 4.41. The summed E-state index contributed by atoms with van der Waals surface area (Å²) in [6, 6.07) is 10.8. The van der Waals surface area contributed by atoms with Gasteiger partial charge in [-0.25, -0.2) is 8.42 Å². The fourth-order valence-electron chi connectivity index (χ4n) is 2.98. The molecule has 0 heterocycles. The molecule has 0 spiro atoms. The summed E-state index contributed by atoms with van der Waals surface area (Å²) in [4.78, 5) is 23.2. The van der Waals surface area contributed by atoms with Crippen LogP contribution in [0.15, 0.2) is 42.5 Å². The first kappa shape index (κ1) is 22.2. The molecule has 0 unspecified atom stereocenters. The van der Waals surface area contributed by atoms with E-state index in [1.165, 1.54) is 32.2 Å². The number of para-hydroxylation sites is 1. The second-order valence-electron chi connectivity index (χ2n) is 6.48. The van der Waals surface area contributed by atoms with E-state index >= 15 is 0 Å². The standard InChI is InChI=1S/C19H23N3O6S/c1-13-16(9-7-10-17(13)22(24)25)21(29(4,26)27)12-19(23)20-14(2)15-8-5-6-11-18(15)28-3/h5-11,14H,12H2,1-4H3,(H,20,23)/t14-/m1/s1. The normalized spacial score (nSPS) is 12.1. The molecule has 0 aliphatic carbocycles. The number of rotatable bonds is 8. The minimum absolute atomic E-state index is 0.0850. The molecule has 10 heteroatoms. The Morgan fingerprint density at radius 3 is 2.48 bits per heavy atom. The van der Waals surface area contributed by atoms with Gasteiger partial charge in [-0.15, -0.1) is 0 Å². The number of methoxy groups -OCH3 is 1. The molecule has 1 atom stereocenters. The van der Waals surface area contributed by atoms with Crippen molar-refractivity contribution in [3.8, 4) is 5.75 Å². The van der Waals surface area contributed by atoms with E-state index in [0.29, 0.717) is 5.75 Å². The van der Waals surface area contributed by atoms with Crippen LogP contribution in [0.25, 0.3) is 0 Å². The topological polar surface area (TPSA) is 119 Å². The van der Waals surface area contributed by atoms with Crippen molar-refractivity contribution in [3.63, 3.8) is 0 Å². The van der Waals surface area contributed by atoms with Gasteiger partial charge in [-0.05, 0) is 26.0 Å². The molecule has 0 fully saturated rings. The van der Waals surface area contributed by atoms with Crippen molar-refractivity contribution >= 4 is 27.3 Å². The van der Waals surface area contributed by atoms with E-state index in [2.05, 4.69) is 5.32 Å². The summed E-state index contributed by atoms with van der Waals surface area (Å²) < 4.78 is 30.8. The van der Waals surface area contributed by atoms with Crippen LogP contribution in [0.2, 0.25) is 0 Å². The Morgan fingerprint density at radius 1 is 1.24 bits per heavy atom. The van der Waals surface area contributed by atoms with E-state index < -0.39 is 33.4 Å². The molecule has 0 saturated carbocycles. The van der Waals surface area contributed by atoms with Gasteiger partial charge in [-0.1, -0.05) is 24.3 Å². The van der Waals surface area contributed by atoms with Gasteiger partial charge >= 0.3 is 0 Å². The Kier molecular flexibility index (Phi) is 6.80. The molecular weight excluding hydrogens is 398 g/mol. The Bertz CT molecular complexity index is 1020. The van der Waals surface area contributed by atoms with Crippen LogP contribution in [0.5, 0.6) is 5.75 Å². The summed E-state index contributed by atoms with van der Waals surface area (Å²) in [5, 5.41) is 13.9. The average molecular weight is 421 g/mol. The number of nitrogens with one attached hydrogen (secondary N) is 1. The molecule has 156 valence electrons. The highest BCUT2D eigenvalue weighted by atomic mass is 32.2. The molecule has 2 aromatic carbocycles. The van der Waals surface area contributed by atoms with Gasteiger partial charge in [0.05, 0.1) is 35.6 Å². The van der Waals surface area contributed by atoms with Crippen molar-refractivity contribution < 1.29 is 22.9 Å². The van der Waals surface area contributed by atoms with Gasteiger partial charge < -0.3 is 10.1 Å². The van der Waals surface area contributed by atoms with Crippen LogP contribution >= 0.6 is 0 Å². The Balaban J connectivity index is 2.29. The van der Waals surface area contributed by atoms with E-state index in [0.717, 1.165) is 16.1 Å². The maximum atomic E-state index is 12.6. The summed E-state index contributed by atoms with van der Waals surface area (Å²) in [6.45, 7) is 2.68. The molecule has 2 aromatic rings. The van der Waals surface area contributed by atoms with Gasteiger partial charge in [0, 0.05) is 11.6 Å². The minimum Gasteiger partial charge on any atom is -0.496 e. The number of amides is 1. The number of sulfonamides is 1. The fourth-order valence-corrected chi connectivity index (χ4v) is 3.89. The number of nitrogens with zero attached hydrogens (tertiary/aromatic N) is 2. The van der Waals surface area contributed by atoms with Crippen LogP contribution < -0.4 is 14.4 Å². The molecule has 0 saturated heterocycles. The Labute approximate surface area is 169 Å². The quantitative estimate of drug-likeness (QED) is 0.517. The largest absolute Gasteiger partial charge is 0.496 e. The summed E-state index contributed by atoms with van der Waals surface area (Å²) in [5.41, 5.74) is 0.759. The van der Waals surface area contributed by atoms with Crippen molar-refractivity contribution in [1.82, 2.24) is 5.32 Å². The van der Waals surface area contributed by atoms with Gasteiger partial charge in [0.2, 0.25) is 15.9 Å². The summed E-state index contributed by atoms with van der Waals surface area (Å²) >= 11 is 0. The number of ether oxygens (including phenoxy) is 1. The van der Waals surface area contributed by atoms with Crippen molar-refractivity contribution in [3.05, 3.63) is 63.7 Å². The smallest absolute Gasteiger partial charge is 0.274 e. The molecule has 0 radical (unpaired) electrons. The summed E-state index contributed by atoms with van der Waals surface area (Å²) in [7, 11) is -2.35. The van der Waals surface area contributed by atoms with Crippen LogP contribution in [0.4, 0.5) is 11.4 Å². The second-order valence-corrected chi connectivity index (χ2v) is 8.39. The molecule has 0 aliphatic rings. The zero-order valence-corrected chi connectivity index (χ0v) is 17.4. The van der Waals surface area contributed by atoms with Crippen LogP contribution in [-0.2, 0) is 14.8 Å². The van der Waals surface area contributed by atoms with Crippen molar-refractivity contribution in [1.29, 1.82) is 0 Å². The van der Waals surface area contributed by atoms with Crippen molar-refractivity contribution in [2.24, 2.45) is 0 Å². The number of anilines is 1. The lowest BCUT2D eigenvalue weighted by atomic mass is 10.1. The molecule has 1 N–H and O–H groups in total. The minimum atomic E-state index is -3.87. The number of hydrogen-bond acceptors (Lipinski definition) is 6. The molecule has 29 heavy (non-hydrogen) atoms. The Morgan fingerprint density at radius 2 is 1.90 bits per heavy atom. The highest BCUT2D eigenvalue weighted by Crippen LogP contribution is 2.30. The number of nitro groups is 1. The third kappa shape index (κ3) is 5.23. The first-order valence-electron chi connectivity index (χ1n) is 8.70. The first-order chi connectivity index (χ1) is 13.6. The lowest BCUT2D eigenvalue weighted by Crippen LogP contribution is -2.41. The SMILES string of the molecule is COc1ccccc1[C@@H](C)NC(=O)CN(c1cccc([N+](=O)[O-])c1C)S(C)(=O)=O. The van der Waals surface area contributed by atoms with E-state index in [1.54, 1.807) is 31.2 Å². The van der Waals surface area contributed by atoms with Crippen molar-refractivity contribution in [2.45, 2.75) is 19.9 Å². The van der Waals surface area contributed by atoms with Crippen molar-refractivity contribution in [2.75, 3.05) is 24.2 Å². The highest BCUT2D eigenvalue weighted by Gasteiger charge is 2.26. The van der Waals surface area contributed by atoms with Gasteiger partial charge in [0.25, 0.3) is 5.69 Å². The highest BCUT2D eigenvalue weighted by molar-refractivity contribution is 7.92. The van der Waals surface area contributed by atoms with Crippen LogP contribution in [0, 0.1) is 17.0 Å². The number of carbonyl (C=O) groups is 1. The summed E-state index contributed by atoms with van der Waals surface area (Å²) in [5.74, 6) is 0.0366. The number of hydrogen-bond donors (Lipinski definition) is 1. The van der Waals surface area contributed by atoms with Crippen LogP contribution in [-0.4, -0.2) is 39.2 Å². The predicted octanol–water partition coefficient (Wildman–Crippen LogP) is 2.56. The van der Waals surface area contributed by atoms with Gasteiger partial charge in [0.15, 0.2) is 0 Å². The first-order valence-corrected chi connectivity index (χ1v) is 10.5. The zero-order valence-electron chi connectivity index (χ0n) is 16.6. The lowest BCUT2D eigenvalue weighted by Gasteiger charge is -2.25. The fraction of sp³-hybridized carbons (Fsp3) is 0.316. The lowest BCUT2D eigenvalue weighted by molar-refractivity contribution is -0.385. The maximum Gasteiger partial charge on any atom is 0.274 e. The van der Waals surface area contributed by atoms with Gasteiger partial charge in [0.1, 0.15) is 12.3 Å². The third-order valence-corrected chi connectivity index (χ3v) is 5.54. The Hall–Kier alpha value is -3.14. The molecule has 0 aliphatic heterocycles. The van der Waals surface area contributed by atoms with Gasteiger partial charge in [-0.3, -0.25) is 19.2 Å². The molecule has 9 nitrogen and oxygen atoms in total. The van der Waals surface area contributed by atoms with E-state index in [1.807, 2.05) is 0 Å². The monoisotopic (exact) mass is 421 g/mol. The average Bonchev–Trinajstić information content (AvgIpc) is 2.65. The molecular formula is C19H23N3O6S. The van der Waals surface area contributed by atoms with Crippen LogP contribution in [0.1, 0.15) is 24.1 Å². The molecule has 1 amide bonds. The van der Waals surface area contributed by atoms with Gasteiger partial charge in [-0.2, -0.15) is 0 Å². The molecule has 2 rings (SSSR count).